The number of hydrogen-bond acceptors (Lipinski definition) is 2. The lowest BCUT2D eigenvalue weighted by molar-refractivity contribution is -0.117. The molecule has 1 aromatic heterocycles. The summed E-state index contributed by atoms with van der Waals surface area (Å²) in [6, 6.07) is 6.00. The third kappa shape index (κ3) is 1.73. The van der Waals surface area contributed by atoms with E-state index in [-0.39, 0.29) is 5.91 Å². The van der Waals surface area contributed by atoms with Gasteiger partial charge in [0.2, 0.25) is 5.91 Å². The molecule has 2 heterocycles. The number of carbonyl (C=O) groups is 1. The molecule has 94 valence electrons. The Labute approximate surface area is 114 Å². The van der Waals surface area contributed by atoms with E-state index in [0.717, 1.165) is 28.5 Å². The van der Waals surface area contributed by atoms with Crippen LogP contribution >= 0.6 is 15.9 Å². The number of aromatic nitrogens is 2. The minimum Gasteiger partial charge on any atom is -0.311 e. The van der Waals surface area contributed by atoms with Crippen molar-refractivity contribution in [2.24, 2.45) is 13.0 Å². The fraction of sp³-hybridized carbons (Fsp3) is 0.385. The van der Waals surface area contributed by atoms with Crippen LogP contribution in [-0.2, 0) is 11.8 Å². The molecule has 0 N–H and O–H groups in total. The molecule has 1 atom stereocenters. The van der Waals surface area contributed by atoms with Gasteiger partial charge in [-0.3, -0.25) is 9.48 Å². The van der Waals surface area contributed by atoms with E-state index in [1.54, 1.807) is 0 Å². The number of alkyl halides is 1. The standard InChI is InChI=1S/C13H14BrN3O/c1-16-11-3-2-4-12(10(11)7-15-16)17-8-9(6-14)5-13(17)18/h2-4,7,9H,5-6,8H2,1H3. The summed E-state index contributed by atoms with van der Waals surface area (Å²) in [7, 11) is 1.92. The van der Waals surface area contributed by atoms with Gasteiger partial charge in [-0.15, -0.1) is 0 Å². The molecule has 0 spiro atoms. The molecule has 1 unspecified atom stereocenters. The quantitative estimate of drug-likeness (QED) is 0.799. The Hall–Kier alpha value is -1.36. The number of anilines is 1. The number of hydrogen-bond donors (Lipinski definition) is 0. The molecule has 1 fully saturated rings. The molecule has 1 aliphatic heterocycles. The zero-order valence-electron chi connectivity index (χ0n) is 10.1. The number of nitrogens with zero attached hydrogens (tertiary/aromatic N) is 3. The molecule has 1 saturated heterocycles. The lowest BCUT2D eigenvalue weighted by Crippen LogP contribution is -2.24. The van der Waals surface area contributed by atoms with Crippen molar-refractivity contribution < 1.29 is 4.79 Å². The van der Waals surface area contributed by atoms with Gasteiger partial charge >= 0.3 is 0 Å². The third-order valence-electron chi connectivity index (χ3n) is 3.48. The van der Waals surface area contributed by atoms with Crippen molar-refractivity contribution in [2.75, 3.05) is 16.8 Å². The van der Waals surface area contributed by atoms with Crippen molar-refractivity contribution in [3.05, 3.63) is 24.4 Å². The summed E-state index contributed by atoms with van der Waals surface area (Å²) in [6.07, 6.45) is 2.46. The summed E-state index contributed by atoms with van der Waals surface area (Å²) in [5, 5.41) is 6.18. The van der Waals surface area contributed by atoms with Crippen LogP contribution in [0.4, 0.5) is 5.69 Å². The molecule has 1 aliphatic rings. The number of halogens is 1. The molecular formula is C13H14BrN3O. The summed E-state index contributed by atoms with van der Waals surface area (Å²) < 4.78 is 1.83. The molecule has 2 aromatic rings. The first-order valence-corrected chi connectivity index (χ1v) is 7.10. The molecule has 1 amide bonds. The fourth-order valence-corrected chi connectivity index (χ4v) is 2.95. The number of carbonyl (C=O) groups excluding carboxylic acids is 1. The summed E-state index contributed by atoms with van der Waals surface area (Å²) in [4.78, 5) is 14.0. The second-order valence-corrected chi connectivity index (χ2v) is 5.35. The van der Waals surface area contributed by atoms with E-state index in [0.29, 0.717) is 12.3 Å². The average Bonchev–Trinajstić information content (AvgIpc) is 2.93. The third-order valence-corrected chi connectivity index (χ3v) is 4.40. The van der Waals surface area contributed by atoms with Crippen molar-refractivity contribution in [1.29, 1.82) is 0 Å². The van der Waals surface area contributed by atoms with Gasteiger partial charge in [0, 0.05) is 30.7 Å². The van der Waals surface area contributed by atoms with Crippen molar-refractivity contribution in [1.82, 2.24) is 9.78 Å². The Morgan fingerprint density at radius 1 is 1.50 bits per heavy atom. The van der Waals surface area contributed by atoms with E-state index in [9.17, 15) is 4.79 Å². The van der Waals surface area contributed by atoms with E-state index in [2.05, 4.69) is 21.0 Å². The van der Waals surface area contributed by atoms with Crippen molar-refractivity contribution >= 4 is 38.4 Å². The van der Waals surface area contributed by atoms with Crippen LogP contribution in [0.1, 0.15) is 6.42 Å². The molecule has 4 nitrogen and oxygen atoms in total. The van der Waals surface area contributed by atoms with Gasteiger partial charge in [-0.05, 0) is 18.1 Å². The van der Waals surface area contributed by atoms with E-state index in [1.165, 1.54) is 0 Å². The lowest BCUT2D eigenvalue weighted by Gasteiger charge is -2.17. The highest BCUT2D eigenvalue weighted by Gasteiger charge is 2.30. The van der Waals surface area contributed by atoms with E-state index >= 15 is 0 Å². The van der Waals surface area contributed by atoms with Crippen molar-refractivity contribution in [3.8, 4) is 0 Å². The Morgan fingerprint density at radius 3 is 3.06 bits per heavy atom. The smallest absolute Gasteiger partial charge is 0.227 e. The zero-order chi connectivity index (χ0) is 12.7. The minimum absolute atomic E-state index is 0.204. The average molecular weight is 308 g/mol. The minimum atomic E-state index is 0.204. The Balaban J connectivity index is 2.07. The van der Waals surface area contributed by atoms with Crippen LogP contribution in [0.25, 0.3) is 10.9 Å². The maximum absolute atomic E-state index is 12.1. The summed E-state index contributed by atoms with van der Waals surface area (Å²) in [6.45, 7) is 0.790. The van der Waals surface area contributed by atoms with Gasteiger partial charge in [-0.25, -0.2) is 0 Å². The largest absolute Gasteiger partial charge is 0.311 e. The monoisotopic (exact) mass is 307 g/mol. The molecule has 0 aliphatic carbocycles. The first-order valence-electron chi connectivity index (χ1n) is 5.97. The van der Waals surface area contributed by atoms with Crippen molar-refractivity contribution in [3.63, 3.8) is 0 Å². The SMILES string of the molecule is Cn1ncc2c(N3CC(CBr)CC3=O)cccc21. The predicted molar refractivity (Wildman–Crippen MR) is 75.0 cm³/mol. The second kappa shape index (κ2) is 4.39. The van der Waals surface area contributed by atoms with Gasteiger partial charge in [0.25, 0.3) is 0 Å². The maximum Gasteiger partial charge on any atom is 0.227 e. The van der Waals surface area contributed by atoms with Crippen LogP contribution < -0.4 is 4.90 Å². The molecule has 0 radical (unpaired) electrons. The molecule has 0 bridgehead atoms. The first-order chi connectivity index (χ1) is 8.70. The van der Waals surface area contributed by atoms with Gasteiger partial charge in [-0.1, -0.05) is 22.0 Å². The molecule has 3 rings (SSSR count). The normalized spacial score (nSPS) is 20.0. The van der Waals surface area contributed by atoms with E-state index < -0.39 is 0 Å². The second-order valence-electron chi connectivity index (χ2n) is 4.71. The molecule has 18 heavy (non-hydrogen) atoms. The van der Waals surface area contributed by atoms with Crippen LogP contribution in [0.15, 0.2) is 24.4 Å². The van der Waals surface area contributed by atoms with Gasteiger partial charge in [-0.2, -0.15) is 5.10 Å². The highest BCUT2D eigenvalue weighted by Crippen LogP contribution is 2.31. The predicted octanol–water partition coefficient (Wildman–Crippen LogP) is 2.32. The highest BCUT2D eigenvalue weighted by atomic mass is 79.9. The zero-order valence-corrected chi connectivity index (χ0v) is 11.7. The van der Waals surface area contributed by atoms with Gasteiger partial charge in [0.1, 0.15) is 0 Å². The van der Waals surface area contributed by atoms with Crippen LogP contribution in [0.5, 0.6) is 0 Å². The Kier molecular flexibility index (Phi) is 2.86. The number of aryl methyl sites for hydroxylation is 1. The molecule has 0 saturated carbocycles. The number of rotatable bonds is 2. The Morgan fingerprint density at radius 2 is 2.33 bits per heavy atom. The van der Waals surface area contributed by atoms with Crippen LogP contribution in [-0.4, -0.2) is 27.6 Å². The van der Waals surface area contributed by atoms with Crippen LogP contribution in [0, 0.1) is 5.92 Å². The maximum atomic E-state index is 12.1. The van der Waals surface area contributed by atoms with E-state index in [1.807, 2.05) is 41.0 Å². The molecule has 5 heteroatoms. The van der Waals surface area contributed by atoms with Crippen LogP contribution in [0.2, 0.25) is 0 Å². The Bertz CT molecular complexity index is 607. The highest BCUT2D eigenvalue weighted by molar-refractivity contribution is 9.09. The molecular weight excluding hydrogens is 294 g/mol. The van der Waals surface area contributed by atoms with Gasteiger partial charge < -0.3 is 4.90 Å². The van der Waals surface area contributed by atoms with Gasteiger partial charge in [0.15, 0.2) is 0 Å². The van der Waals surface area contributed by atoms with E-state index in [4.69, 9.17) is 0 Å². The van der Waals surface area contributed by atoms with Crippen LogP contribution in [0.3, 0.4) is 0 Å². The summed E-state index contributed by atoms with van der Waals surface area (Å²) in [5.41, 5.74) is 2.04. The van der Waals surface area contributed by atoms with Crippen molar-refractivity contribution in [2.45, 2.75) is 6.42 Å². The topological polar surface area (TPSA) is 38.1 Å². The fourth-order valence-electron chi connectivity index (χ4n) is 2.52. The number of benzene rings is 1. The van der Waals surface area contributed by atoms with Gasteiger partial charge in [0.05, 0.1) is 17.4 Å². The summed E-state index contributed by atoms with van der Waals surface area (Å²) in [5.74, 6) is 0.611. The lowest BCUT2D eigenvalue weighted by atomic mass is 10.1. The molecule has 1 aromatic carbocycles. The summed E-state index contributed by atoms with van der Waals surface area (Å²) >= 11 is 3.46. The first kappa shape index (κ1) is 11.7. The number of amides is 1. The number of fused-ring (bicyclic) bond motifs is 1.